The van der Waals surface area contributed by atoms with Gasteiger partial charge in [0.05, 0.1) is 10.9 Å². The Morgan fingerprint density at radius 1 is 1.09 bits per heavy atom. The van der Waals surface area contributed by atoms with Crippen LogP contribution in [0.4, 0.5) is 0 Å². The van der Waals surface area contributed by atoms with Crippen molar-refractivity contribution in [3.05, 3.63) is 28.8 Å². The topological polar surface area (TPSA) is 18.5 Å². The lowest BCUT2D eigenvalue weighted by Gasteiger charge is -2.38. The Morgan fingerprint density at radius 2 is 1.64 bits per heavy atom. The molecule has 1 aromatic rings. The average Bonchev–Trinajstić information content (AvgIpc) is 2.53. The fourth-order valence-corrected chi connectivity index (χ4v) is 7.13. The van der Waals surface area contributed by atoms with Gasteiger partial charge in [-0.2, -0.15) is 0 Å². The van der Waals surface area contributed by atoms with Crippen LogP contribution in [0.1, 0.15) is 65.2 Å². The largest absolute Gasteiger partial charge is 0.542 e. The van der Waals surface area contributed by atoms with Gasteiger partial charge in [-0.05, 0) is 50.8 Å². The maximum Gasteiger partial charge on any atom is 0.131 e. The average molecular weight is 358 g/mol. The molecule has 1 heterocycles. The maximum absolute atomic E-state index is 6.14. The Hall–Kier alpha value is 0.270. The molecule has 0 spiro atoms. The second-order valence-electron chi connectivity index (χ2n) is 7.98. The van der Waals surface area contributed by atoms with E-state index in [9.17, 15) is 0 Å². The molecule has 0 saturated heterocycles. The Kier molecular flexibility index (Phi) is 4.56. The number of ether oxygens (including phenoxy) is 1. The first-order valence-electron chi connectivity index (χ1n) is 7.49. The zero-order valence-corrected chi connectivity index (χ0v) is 17.3. The zero-order valence-electron chi connectivity index (χ0n) is 14.7. The summed E-state index contributed by atoms with van der Waals surface area (Å²) in [7, 11) is 1.73. The van der Waals surface area contributed by atoms with E-state index in [4.69, 9.17) is 33.8 Å². The third kappa shape index (κ3) is 3.10. The van der Waals surface area contributed by atoms with Gasteiger partial charge in [0, 0.05) is 18.2 Å². The normalized spacial score (nSPS) is 20.1. The lowest BCUT2D eigenvalue weighted by molar-refractivity contribution is 0.0199. The predicted molar refractivity (Wildman–Crippen MR) is 101 cm³/mol. The molecule has 2 nitrogen and oxygen atoms in total. The van der Waals surface area contributed by atoms with Crippen molar-refractivity contribution < 1.29 is 9.26 Å². The maximum atomic E-state index is 6.14. The quantitative estimate of drug-likeness (QED) is 0.568. The number of hydrogen-bond acceptors (Lipinski definition) is 4. The van der Waals surface area contributed by atoms with E-state index in [0.717, 1.165) is 16.4 Å². The predicted octanol–water partition coefficient (Wildman–Crippen LogP) is 4.61. The highest BCUT2D eigenvalue weighted by Gasteiger charge is 2.46. The van der Waals surface area contributed by atoms with Gasteiger partial charge >= 0.3 is 0 Å². The van der Waals surface area contributed by atoms with Crippen LogP contribution < -0.4 is 5.30 Å². The van der Waals surface area contributed by atoms with E-state index >= 15 is 0 Å². The SMILES string of the molecule is COC(C)(C)c1cc(C(C)(C)C)cc2c1[P+]([S-])([S-])OC2(C)C. The van der Waals surface area contributed by atoms with E-state index in [1.165, 1.54) is 5.56 Å². The summed E-state index contributed by atoms with van der Waals surface area (Å²) < 4.78 is 11.9. The molecule has 0 saturated carbocycles. The molecule has 22 heavy (non-hydrogen) atoms. The first-order chi connectivity index (χ1) is 9.72. The standard InChI is InChI=1S/C17H27O2PS2/c1-15(2,3)11-9-12(16(4,5)18-8)14-13(10-11)17(6,7)19-20(14,21)22/h9-10H,1-8H3,(H,21,22)/p-1. The van der Waals surface area contributed by atoms with Crippen molar-refractivity contribution >= 4 is 35.7 Å². The Balaban J connectivity index is 2.87. The number of hydrogen-bond donors (Lipinski definition) is 0. The number of rotatable bonds is 2. The summed E-state index contributed by atoms with van der Waals surface area (Å²) >= 11 is 11.4. The summed E-state index contributed by atoms with van der Waals surface area (Å²) in [5, 5.41) is 1.03. The molecular formula is C17H26O2PS2-. The van der Waals surface area contributed by atoms with Gasteiger partial charge in [0.1, 0.15) is 5.60 Å². The van der Waals surface area contributed by atoms with Crippen molar-refractivity contribution in [1.82, 2.24) is 0 Å². The van der Waals surface area contributed by atoms with E-state index in [1.54, 1.807) is 7.11 Å². The molecule has 0 atom stereocenters. The summed E-state index contributed by atoms with van der Waals surface area (Å²) in [6.07, 6.45) is 0. The molecule has 0 N–H and O–H groups in total. The number of fused-ring (bicyclic) bond motifs is 1. The molecule has 124 valence electrons. The summed E-state index contributed by atoms with van der Waals surface area (Å²) in [5.74, 6) is -2.44. The van der Waals surface area contributed by atoms with Crippen molar-refractivity contribution in [3.63, 3.8) is 0 Å². The molecule has 1 aliphatic heterocycles. The molecule has 0 fully saturated rings. The molecule has 0 unspecified atom stereocenters. The van der Waals surface area contributed by atoms with Crippen LogP contribution in [0.5, 0.6) is 0 Å². The van der Waals surface area contributed by atoms with Gasteiger partial charge in [0.2, 0.25) is 0 Å². The highest BCUT2D eigenvalue weighted by atomic mass is 33.1. The highest BCUT2D eigenvalue weighted by Crippen LogP contribution is 2.66. The molecule has 0 radical (unpaired) electrons. The van der Waals surface area contributed by atoms with Gasteiger partial charge in [-0.25, -0.2) is 0 Å². The van der Waals surface area contributed by atoms with E-state index in [0.29, 0.717) is 0 Å². The van der Waals surface area contributed by atoms with Gasteiger partial charge in [-0.15, -0.1) is 0 Å². The Bertz CT molecular complexity index is 601. The first kappa shape index (κ1) is 18.6. The van der Waals surface area contributed by atoms with Crippen LogP contribution in [0.15, 0.2) is 12.1 Å². The van der Waals surface area contributed by atoms with Crippen molar-refractivity contribution in [2.45, 2.75) is 65.1 Å². The summed E-state index contributed by atoms with van der Waals surface area (Å²) in [4.78, 5) is 0. The minimum atomic E-state index is -2.44. The second kappa shape index (κ2) is 5.39. The van der Waals surface area contributed by atoms with Crippen molar-refractivity contribution in [1.29, 1.82) is 0 Å². The minimum absolute atomic E-state index is 0.0380. The van der Waals surface area contributed by atoms with Gasteiger partial charge in [-0.1, -0.05) is 26.7 Å². The van der Waals surface area contributed by atoms with Crippen LogP contribution in [0.25, 0.3) is 0 Å². The summed E-state index contributed by atoms with van der Waals surface area (Å²) in [6, 6.07) is 4.44. The molecule has 2 rings (SSSR count). The molecule has 0 aliphatic carbocycles. The van der Waals surface area contributed by atoms with Crippen molar-refractivity contribution in [2.75, 3.05) is 7.11 Å². The second-order valence-corrected chi connectivity index (χ2v) is 13.4. The molecule has 5 heteroatoms. The van der Waals surface area contributed by atoms with E-state index < -0.39 is 17.1 Å². The Labute approximate surface area is 146 Å². The molecule has 1 aliphatic rings. The smallest absolute Gasteiger partial charge is 0.131 e. The van der Waals surface area contributed by atoms with Crippen LogP contribution in [0, 0.1) is 0 Å². The molecule has 0 amide bonds. The van der Waals surface area contributed by atoms with E-state index in [2.05, 4.69) is 60.6 Å². The highest BCUT2D eigenvalue weighted by molar-refractivity contribution is 8.74. The number of benzene rings is 1. The zero-order chi connectivity index (χ0) is 17.1. The summed E-state index contributed by atoms with van der Waals surface area (Å²) in [6.45, 7) is 14.9. The molecule has 1 aromatic carbocycles. The van der Waals surface area contributed by atoms with E-state index in [-0.39, 0.29) is 5.41 Å². The van der Waals surface area contributed by atoms with Gasteiger partial charge in [0.15, 0.2) is 0 Å². The fraction of sp³-hybridized carbons (Fsp3) is 0.647. The van der Waals surface area contributed by atoms with Crippen LogP contribution in [0.3, 0.4) is 0 Å². The Morgan fingerprint density at radius 3 is 2.09 bits per heavy atom. The third-order valence-corrected chi connectivity index (χ3v) is 7.67. The van der Waals surface area contributed by atoms with Crippen LogP contribution in [-0.2, 0) is 50.4 Å². The molecule has 0 bridgehead atoms. The van der Waals surface area contributed by atoms with Gasteiger partial charge in [-0.3, -0.25) is 4.52 Å². The van der Waals surface area contributed by atoms with Crippen molar-refractivity contribution in [3.8, 4) is 0 Å². The third-order valence-electron chi connectivity index (χ3n) is 4.41. The van der Waals surface area contributed by atoms with E-state index in [1.807, 2.05) is 0 Å². The van der Waals surface area contributed by atoms with Crippen LogP contribution >= 0.6 is 5.89 Å². The van der Waals surface area contributed by atoms with Gasteiger partial charge in [0.25, 0.3) is 0 Å². The van der Waals surface area contributed by atoms with Crippen LogP contribution in [-0.4, -0.2) is 7.11 Å². The lowest BCUT2D eigenvalue weighted by Crippen LogP contribution is -2.31. The first-order valence-corrected chi connectivity index (χ1v) is 11.2. The van der Waals surface area contributed by atoms with Crippen LogP contribution in [0.2, 0.25) is 0 Å². The van der Waals surface area contributed by atoms with Crippen molar-refractivity contribution in [2.24, 2.45) is 0 Å². The number of methoxy groups -OCH3 is 1. The molecule has 0 aromatic heterocycles. The monoisotopic (exact) mass is 357 g/mol. The minimum Gasteiger partial charge on any atom is -0.542 e. The fourth-order valence-electron chi connectivity index (χ4n) is 2.79. The molecular weight excluding hydrogens is 331 g/mol. The lowest BCUT2D eigenvalue weighted by atomic mass is 9.80. The van der Waals surface area contributed by atoms with Gasteiger partial charge < -0.3 is 29.2 Å². The summed E-state index contributed by atoms with van der Waals surface area (Å²) in [5.41, 5.74) is 2.63.